The van der Waals surface area contributed by atoms with E-state index in [1.807, 2.05) is 24.3 Å². The van der Waals surface area contributed by atoms with Crippen molar-refractivity contribution in [3.8, 4) is 0 Å². The highest BCUT2D eigenvalue weighted by Crippen LogP contribution is 2.16. The molecule has 1 aliphatic rings. The molecule has 1 N–H and O–H groups in total. The maximum absolute atomic E-state index is 12.4. The van der Waals surface area contributed by atoms with Crippen molar-refractivity contribution in [2.45, 2.75) is 31.8 Å². The second-order valence-corrected chi connectivity index (χ2v) is 6.36. The molecule has 0 saturated carbocycles. The summed E-state index contributed by atoms with van der Waals surface area (Å²) in [5, 5.41) is 2.94. The molecule has 0 aliphatic carbocycles. The first-order valence-electron chi connectivity index (χ1n) is 8.37. The minimum atomic E-state index is -0.0988. The van der Waals surface area contributed by atoms with Gasteiger partial charge in [-0.2, -0.15) is 0 Å². The molecule has 0 bridgehead atoms. The Morgan fingerprint density at radius 2 is 2.17 bits per heavy atom. The number of hydrogen-bond donors (Lipinski definition) is 1. The van der Waals surface area contributed by atoms with E-state index < -0.39 is 0 Å². The Morgan fingerprint density at radius 1 is 1.38 bits per heavy atom. The summed E-state index contributed by atoms with van der Waals surface area (Å²) in [5.41, 5.74) is 1.80. The van der Waals surface area contributed by atoms with Crippen molar-refractivity contribution in [2.24, 2.45) is 0 Å². The number of aryl methyl sites for hydroxylation is 1. The lowest BCUT2D eigenvalue weighted by atomic mass is 10.1. The number of nitrogens with one attached hydrogen (secondary N) is 1. The Balaban J connectivity index is 1.91. The Bertz CT molecular complexity index is 574. The summed E-state index contributed by atoms with van der Waals surface area (Å²) in [7, 11) is 5.19. The van der Waals surface area contributed by atoms with Gasteiger partial charge in [0.1, 0.15) is 0 Å². The number of benzene rings is 1. The highest BCUT2D eigenvalue weighted by atomic mass is 16.5. The van der Waals surface area contributed by atoms with E-state index in [4.69, 9.17) is 4.74 Å². The number of anilines is 1. The first kappa shape index (κ1) is 18.3. The fourth-order valence-electron chi connectivity index (χ4n) is 2.80. The minimum absolute atomic E-state index is 0.0988. The molecular weight excluding hydrogens is 306 g/mol. The molecule has 132 valence electrons. The predicted octanol–water partition coefficient (Wildman–Crippen LogP) is 2.35. The number of rotatable bonds is 5. The summed E-state index contributed by atoms with van der Waals surface area (Å²) in [6.07, 6.45) is 3.20. The van der Waals surface area contributed by atoms with Gasteiger partial charge in [0.2, 0.25) is 5.91 Å². The van der Waals surface area contributed by atoms with Crippen molar-refractivity contribution in [3.63, 3.8) is 0 Å². The zero-order chi connectivity index (χ0) is 17.5. The molecule has 3 amide bonds. The smallest absolute Gasteiger partial charge is 0.321 e. The largest absolute Gasteiger partial charge is 0.380 e. The Morgan fingerprint density at radius 3 is 2.88 bits per heavy atom. The van der Waals surface area contributed by atoms with E-state index in [-0.39, 0.29) is 18.0 Å². The van der Waals surface area contributed by atoms with Gasteiger partial charge in [-0.15, -0.1) is 0 Å². The third-order valence-corrected chi connectivity index (χ3v) is 4.30. The lowest BCUT2D eigenvalue weighted by Crippen LogP contribution is -2.44. The van der Waals surface area contributed by atoms with Gasteiger partial charge in [-0.05, 0) is 37.0 Å². The van der Waals surface area contributed by atoms with Crippen molar-refractivity contribution >= 4 is 17.6 Å². The summed E-state index contributed by atoms with van der Waals surface area (Å²) in [5.74, 6) is 0.100. The van der Waals surface area contributed by atoms with Gasteiger partial charge < -0.3 is 19.9 Å². The summed E-state index contributed by atoms with van der Waals surface area (Å²) >= 11 is 0. The van der Waals surface area contributed by atoms with E-state index in [1.165, 1.54) is 0 Å². The normalized spacial score (nSPS) is 17.5. The summed E-state index contributed by atoms with van der Waals surface area (Å²) in [6.45, 7) is 1.38. The number of likely N-dealkylation sites (tertiary alicyclic amines) is 1. The van der Waals surface area contributed by atoms with Crippen LogP contribution in [0.4, 0.5) is 10.5 Å². The summed E-state index contributed by atoms with van der Waals surface area (Å²) in [6, 6.07) is 7.57. The van der Waals surface area contributed by atoms with E-state index in [0.717, 1.165) is 30.6 Å². The fourth-order valence-corrected chi connectivity index (χ4v) is 2.80. The van der Waals surface area contributed by atoms with Gasteiger partial charge in [0, 0.05) is 46.4 Å². The molecule has 1 heterocycles. The number of methoxy groups -OCH3 is 1. The van der Waals surface area contributed by atoms with Crippen LogP contribution in [0.5, 0.6) is 0 Å². The van der Waals surface area contributed by atoms with Crippen molar-refractivity contribution in [2.75, 3.05) is 39.6 Å². The third-order valence-electron chi connectivity index (χ3n) is 4.30. The Kier molecular flexibility index (Phi) is 6.61. The van der Waals surface area contributed by atoms with Crippen molar-refractivity contribution < 1.29 is 14.3 Å². The van der Waals surface area contributed by atoms with Crippen molar-refractivity contribution in [1.82, 2.24) is 9.80 Å². The van der Waals surface area contributed by atoms with Crippen LogP contribution in [0.15, 0.2) is 24.3 Å². The van der Waals surface area contributed by atoms with Crippen LogP contribution in [-0.4, -0.2) is 62.1 Å². The molecule has 1 aromatic carbocycles. The SMILES string of the molecule is CO[C@H]1CCCN(C(=O)Nc2cccc(CCC(=O)N(C)C)c2)C1. The van der Waals surface area contributed by atoms with Crippen LogP contribution in [-0.2, 0) is 16.0 Å². The number of amides is 3. The number of urea groups is 1. The van der Waals surface area contributed by atoms with Crippen LogP contribution in [0, 0.1) is 0 Å². The number of ether oxygens (including phenoxy) is 1. The van der Waals surface area contributed by atoms with E-state index in [0.29, 0.717) is 19.4 Å². The quantitative estimate of drug-likeness (QED) is 0.900. The van der Waals surface area contributed by atoms with Crippen LogP contribution >= 0.6 is 0 Å². The average molecular weight is 333 g/mol. The predicted molar refractivity (Wildman–Crippen MR) is 94.1 cm³/mol. The summed E-state index contributed by atoms with van der Waals surface area (Å²) in [4.78, 5) is 27.5. The topological polar surface area (TPSA) is 61.9 Å². The minimum Gasteiger partial charge on any atom is -0.380 e. The third kappa shape index (κ3) is 5.23. The van der Waals surface area contributed by atoms with Crippen LogP contribution in [0.2, 0.25) is 0 Å². The molecule has 2 rings (SSSR count). The zero-order valence-corrected chi connectivity index (χ0v) is 14.7. The lowest BCUT2D eigenvalue weighted by molar-refractivity contribution is -0.128. The molecule has 0 unspecified atom stereocenters. The molecule has 6 nitrogen and oxygen atoms in total. The Hall–Kier alpha value is -2.08. The number of nitrogens with zero attached hydrogens (tertiary/aromatic N) is 2. The first-order chi connectivity index (χ1) is 11.5. The van der Waals surface area contributed by atoms with Gasteiger partial charge in [-0.3, -0.25) is 4.79 Å². The molecule has 1 atom stereocenters. The van der Waals surface area contributed by atoms with Gasteiger partial charge >= 0.3 is 6.03 Å². The zero-order valence-electron chi connectivity index (χ0n) is 14.7. The number of carbonyl (C=O) groups is 2. The Labute approximate surface area is 143 Å². The molecule has 0 aromatic heterocycles. The van der Waals surface area contributed by atoms with Crippen LogP contribution in [0.3, 0.4) is 0 Å². The van der Waals surface area contributed by atoms with E-state index in [9.17, 15) is 9.59 Å². The van der Waals surface area contributed by atoms with Crippen LogP contribution in [0.1, 0.15) is 24.8 Å². The second-order valence-electron chi connectivity index (χ2n) is 6.36. The molecule has 1 aliphatic heterocycles. The second kappa shape index (κ2) is 8.68. The number of piperidine rings is 1. The van der Waals surface area contributed by atoms with Crippen LogP contribution in [0.25, 0.3) is 0 Å². The standard InChI is InChI=1S/C18H27N3O3/c1-20(2)17(22)10-9-14-6-4-7-15(12-14)19-18(23)21-11-5-8-16(13-21)24-3/h4,6-7,12,16H,5,8-11,13H2,1-3H3,(H,19,23)/t16-/m0/s1. The number of carbonyl (C=O) groups excluding carboxylic acids is 2. The van der Waals surface area contributed by atoms with E-state index in [2.05, 4.69) is 5.32 Å². The molecule has 1 saturated heterocycles. The molecule has 0 radical (unpaired) electrons. The fraction of sp³-hybridized carbons (Fsp3) is 0.556. The maximum atomic E-state index is 12.4. The first-order valence-corrected chi connectivity index (χ1v) is 8.37. The van der Waals surface area contributed by atoms with Crippen LogP contribution < -0.4 is 5.32 Å². The highest BCUT2D eigenvalue weighted by Gasteiger charge is 2.23. The van der Waals surface area contributed by atoms with Gasteiger partial charge in [-0.1, -0.05) is 12.1 Å². The van der Waals surface area contributed by atoms with Gasteiger partial charge in [0.05, 0.1) is 6.10 Å². The monoisotopic (exact) mass is 333 g/mol. The lowest BCUT2D eigenvalue weighted by Gasteiger charge is -2.31. The van der Waals surface area contributed by atoms with E-state index in [1.54, 1.807) is 31.0 Å². The highest BCUT2D eigenvalue weighted by molar-refractivity contribution is 5.89. The molecule has 0 spiro atoms. The average Bonchev–Trinajstić information content (AvgIpc) is 2.59. The van der Waals surface area contributed by atoms with Gasteiger partial charge in [0.25, 0.3) is 0 Å². The molecule has 1 fully saturated rings. The number of hydrogen-bond acceptors (Lipinski definition) is 3. The van der Waals surface area contributed by atoms with Gasteiger partial charge in [0.15, 0.2) is 0 Å². The van der Waals surface area contributed by atoms with Gasteiger partial charge in [-0.25, -0.2) is 4.79 Å². The van der Waals surface area contributed by atoms with Crippen molar-refractivity contribution in [1.29, 1.82) is 0 Å². The molecule has 6 heteroatoms. The molecule has 1 aromatic rings. The summed E-state index contributed by atoms with van der Waals surface area (Å²) < 4.78 is 5.36. The molecule has 24 heavy (non-hydrogen) atoms. The molecular formula is C18H27N3O3. The van der Waals surface area contributed by atoms with Crippen molar-refractivity contribution in [3.05, 3.63) is 29.8 Å². The van der Waals surface area contributed by atoms with E-state index >= 15 is 0 Å². The maximum Gasteiger partial charge on any atom is 0.321 e.